The van der Waals surface area contributed by atoms with E-state index in [1.807, 2.05) is 26.0 Å². The highest BCUT2D eigenvalue weighted by Gasteiger charge is 2.27. The molecule has 1 N–H and O–H groups in total. The fourth-order valence-electron chi connectivity index (χ4n) is 3.30. The molecule has 1 aromatic rings. The molecule has 0 amide bonds. The van der Waals surface area contributed by atoms with Gasteiger partial charge in [0.15, 0.2) is 0 Å². The second-order valence-electron chi connectivity index (χ2n) is 7.53. The summed E-state index contributed by atoms with van der Waals surface area (Å²) in [5.74, 6) is 0.879. The van der Waals surface area contributed by atoms with Gasteiger partial charge in [-0.15, -0.1) is 0 Å². The van der Waals surface area contributed by atoms with Crippen molar-refractivity contribution in [2.75, 3.05) is 13.7 Å². The van der Waals surface area contributed by atoms with Crippen molar-refractivity contribution in [2.45, 2.75) is 64.6 Å². The predicted octanol–water partition coefficient (Wildman–Crippen LogP) is 3.74. The van der Waals surface area contributed by atoms with E-state index in [0.29, 0.717) is 6.04 Å². The molecule has 1 aliphatic rings. The Bertz CT molecular complexity index is 557. The van der Waals surface area contributed by atoms with Crippen LogP contribution in [0.15, 0.2) is 24.3 Å². The topological polar surface area (TPSA) is 56.5 Å². The summed E-state index contributed by atoms with van der Waals surface area (Å²) in [6, 6.07) is 11.1. The van der Waals surface area contributed by atoms with Gasteiger partial charge in [-0.25, -0.2) is 0 Å². The molecule has 0 aromatic heterocycles. The molecule has 0 aliphatic heterocycles. The lowest BCUT2D eigenvalue weighted by Gasteiger charge is -2.37. The number of benzene rings is 1. The molecule has 2 rings (SSSR count). The molecule has 132 valence electrons. The Balaban J connectivity index is 2.08. The third-order valence-electron chi connectivity index (χ3n) is 5.03. The third kappa shape index (κ3) is 5.51. The van der Waals surface area contributed by atoms with Gasteiger partial charge in [0.05, 0.1) is 24.7 Å². The van der Waals surface area contributed by atoms with Gasteiger partial charge in [0.1, 0.15) is 5.75 Å². The van der Waals surface area contributed by atoms with Crippen LogP contribution in [-0.2, 0) is 6.54 Å². The van der Waals surface area contributed by atoms with Crippen LogP contribution in [0.3, 0.4) is 0 Å². The zero-order valence-electron chi connectivity index (χ0n) is 15.2. The molecule has 4 nitrogen and oxygen atoms in total. The maximum absolute atomic E-state index is 9.79. The first kappa shape index (κ1) is 18.8. The van der Waals surface area contributed by atoms with Gasteiger partial charge in [0.2, 0.25) is 0 Å². The van der Waals surface area contributed by atoms with Crippen molar-refractivity contribution in [3.8, 4) is 11.8 Å². The van der Waals surface area contributed by atoms with Gasteiger partial charge in [-0.3, -0.25) is 4.90 Å². The van der Waals surface area contributed by atoms with Crippen molar-refractivity contribution >= 4 is 0 Å². The molecule has 1 aliphatic carbocycles. The van der Waals surface area contributed by atoms with Crippen LogP contribution in [0.1, 0.15) is 51.5 Å². The standard InChI is InChI=1S/C20H30N2O2/c1-20(2,15-21)11-12-22(17-7-9-18(23)10-8-17)14-16-5-4-6-19(13-16)24-3/h4-6,13,17-18,23H,7-12,14H2,1-3H3. The predicted molar refractivity (Wildman–Crippen MR) is 95.7 cm³/mol. The quantitative estimate of drug-likeness (QED) is 0.827. The Morgan fingerprint density at radius 2 is 2.00 bits per heavy atom. The lowest BCUT2D eigenvalue weighted by molar-refractivity contribution is 0.0662. The number of rotatable bonds is 7. The van der Waals surface area contributed by atoms with Crippen LogP contribution >= 0.6 is 0 Å². The molecule has 24 heavy (non-hydrogen) atoms. The highest BCUT2D eigenvalue weighted by atomic mass is 16.5. The van der Waals surface area contributed by atoms with Gasteiger partial charge < -0.3 is 9.84 Å². The molecule has 0 atom stereocenters. The maximum Gasteiger partial charge on any atom is 0.119 e. The average molecular weight is 330 g/mol. The Kier molecular flexibility index (Phi) is 6.65. The zero-order chi connectivity index (χ0) is 17.6. The van der Waals surface area contributed by atoms with Crippen molar-refractivity contribution < 1.29 is 9.84 Å². The summed E-state index contributed by atoms with van der Waals surface area (Å²) in [4.78, 5) is 2.49. The van der Waals surface area contributed by atoms with E-state index in [4.69, 9.17) is 4.74 Å². The van der Waals surface area contributed by atoms with Gasteiger partial charge >= 0.3 is 0 Å². The first-order chi connectivity index (χ1) is 11.4. The van der Waals surface area contributed by atoms with E-state index in [0.717, 1.165) is 50.9 Å². The molecule has 0 spiro atoms. The molecule has 1 aromatic carbocycles. The van der Waals surface area contributed by atoms with E-state index in [1.54, 1.807) is 7.11 Å². The van der Waals surface area contributed by atoms with E-state index in [-0.39, 0.29) is 11.5 Å². The van der Waals surface area contributed by atoms with Gasteiger partial charge in [-0.1, -0.05) is 12.1 Å². The minimum absolute atomic E-state index is 0.143. The Labute approximate surface area is 146 Å². The Hall–Kier alpha value is -1.57. The monoisotopic (exact) mass is 330 g/mol. The van der Waals surface area contributed by atoms with Crippen molar-refractivity contribution in [2.24, 2.45) is 5.41 Å². The number of ether oxygens (including phenoxy) is 1. The summed E-state index contributed by atoms with van der Waals surface area (Å²) in [5.41, 5.74) is 0.927. The second-order valence-corrected chi connectivity index (χ2v) is 7.53. The van der Waals surface area contributed by atoms with Gasteiger partial charge in [0.25, 0.3) is 0 Å². The minimum atomic E-state index is -0.305. The van der Waals surface area contributed by atoms with E-state index >= 15 is 0 Å². The zero-order valence-corrected chi connectivity index (χ0v) is 15.2. The van der Waals surface area contributed by atoms with Gasteiger partial charge in [-0.2, -0.15) is 5.26 Å². The third-order valence-corrected chi connectivity index (χ3v) is 5.03. The van der Waals surface area contributed by atoms with Crippen LogP contribution in [0.4, 0.5) is 0 Å². The summed E-state index contributed by atoms with van der Waals surface area (Å²) in [7, 11) is 1.69. The molecule has 1 fully saturated rings. The van der Waals surface area contributed by atoms with Crippen molar-refractivity contribution in [1.82, 2.24) is 4.90 Å². The largest absolute Gasteiger partial charge is 0.497 e. The summed E-state index contributed by atoms with van der Waals surface area (Å²) >= 11 is 0. The number of hydrogen-bond acceptors (Lipinski definition) is 4. The van der Waals surface area contributed by atoms with E-state index in [9.17, 15) is 10.4 Å². The minimum Gasteiger partial charge on any atom is -0.497 e. The summed E-state index contributed by atoms with van der Waals surface area (Å²) in [5, 5.41) is 19.1. The van der Waals surface area contributed by atoms with Crippen LogP contribution in [0, 0.1) is 16.7 Å². The fraction of sp³-hybridized carbons (Fsp3) is 0.650. The Morgan fingerprint density at radius 1 is 1.29 bits per heavy atom. The normalized spacial score (nSPS) is 21.5. The van der Waals surface area contributed by atoms with Crippen LogP contribution in [0.25, 0.3) is 0 Å². The lowest BCUT2D eigenvalue weighted by atomic mass is 9.88. The Morgan fingerprint density at radius 3 is 2.62 bits per heavy atom. The molecule has 0 unspecified atom stereocenters. The molecule has 1 saturated carbocycles. The van der Waals surface area contributed by atoms with Crippen LogP contribution in [0.5, 0.6) is 5.75 Å². The molecule has 0 saturated heterocycles. The smallest absolute Gasteiger partial charge is 0.119 e. The SMILES string of the molecule is COc1cccc(CN(CCC(C)(C)C#N)C2CCC(O)CC2)c1. The second kappa shape index (κ2) is 8.50. The summed E-state index contributed by atoms with van der Waals surface area (Å²) in [6.45, 7) is 5.76. The van der Waals surface area contributed by atoms with Crippen molar-refractivity contribution in [1.29, 1.82) is 5.26 Å². The van der Waals surface area contributed by atoms with Gasteiger partial charge in [0, 0.05) is 19.1 Å². The van der Waals surface area contributed by atoms with E-state index in [2.05, 4.69) is 23.1 Å². The number of methoxy groups -OCH3 is 1. The summed E-state index contributed by atoms with van der Waals surface area (Å²) < 4.78 is 5.33. The highest BCUT2D eigenvalue weighted by Crippen LogP contribution is 2.27. The molecular formula is C20H30N2O2. The van der Waals surface area contributed by atoms with Gasteiger partial charge in [-0.05, 0) is 63.6 Å². The molecule has 4 heteroatoms. The maximum atomic E-state index is 9.79. The summed E-state index contributed by atoms with van der Waals surface area (Å²) in [6.07, 6.45) is 4.51. The van der Waals surface area contributed by atoms with Crippen molar-refractivity contribution in [3.05, 3.63) is 29.8 Å². The molecular weight excluding hydrogens is 300 g/mol. The van der Waals surface area contributed by atoms with Crippen LogP contribution in [-0.4, -0.2) is 35.8 Å². The first-order valence-electron chi connectivity index (χ1n) is 8.90. The molecule has 0 bridgehead atoms. The average Bonchev–Trinajstić information content (AvgIpc) is 2.59. The number of aliphatic hydroxyl groups excluding tert-OH is 1. The fourth-order valence-corrected chi connectivity index (χ4v) is 3.30. The van der Waals surface area contributed by atoms with Crippen molar-refractivity contribution in [3.63, 3.8) is 0 Å². The van der Waals surface area contributed by atoms with E-state index < -0.39 is 0 Å². The van der Waals surface area contributed by atoms with Crippen LogP contribution < -0.4 is 4.74 Å². The number of nitrogens with zero attached hydrogens (tertiary/aromatic N) is 2. The number of hydrogen-bond donors (Lipinski definition) is 1. The molecule has 0 radical (unpaired) electrons. The van der Waals surface area contributed by atoms with Crippen LogP contribution in [0.2, 0.25) is 0 Å². The number of nitriles is 1. The number of aliphatic hydroxyl groups is 1. The van der Waals surface area contributed by atoms with E-state index in [1.165, 1.54) is 5.56 Å². The first-order valence-corrected chi connectivity index (χ1v) is 8.90. The molecule has 0 heterocycles. The highest BCUT2D eigenvalue weighted by molar-refractivity contribution is 5.28. The lowest BCUT2D eigenvalue weighted by Crippen LogP contribution is -2.40.